The average molecular weight is 315 g/mol. The molecule has 0 rings (SSSR count). The predicted molar refractivity (Wildman–Crippen MR) is 87.6 cm³/mol. The fraction of sp³-hybridized carbons (Fsp3) is 0.882. The highest BCUT2D eigenvalue weighted by atomic mass is 16.6. The Kier molecular flexibility index (Phi) is 8.68. The van der Waals surface area contributed by atoms with Crippen molar-refractivity contribution in [1.82, 2.24) is 5.32 Å². The van der Waals surface area contributed by atoms with Crippen LogP contribution in [0, 0.1) is 0 Å². The Hall–Kier alpha value is -1.10. The van der Waals surface area contributed by atoms with E-state index >= 15 is 0 Å². The van der Waals surface area contributed by atoms with Gasteiger partial charge in [0.2, 0.25) is 5.91 Å². The first kappa shape index (κ1) is 20.9. The first-order chi connectivity index (χ1) is 9.97. The number of carbonyl (C=O) groups excluding carboxylic acids is 2. The third-order valence-electron chi connectivity index (χ3n) is 3.44. The van der Waals surface area contributed by atoms with Crippen molar-refractivity contribution in [3.8, 4) is 0 Å². The highest BCUT2D eigenvalue weighted by Gasteiger charge is 2.25. The summed E-state index contributed by atoms with van der Waals surface area (Å²) in [4.78, 5) is 23.3. The van der Waals surface area contributed by atoms with Crippen molar-refractivity contribution in [3.63, 3.8) is 0 Å². The topological polar surface area (TPSA) is 64.6 Å². The van der Waals surface area contributed by atoms with E-state index in [1.165, 1.54) is 0 Å². The molecule has 5 heteroatoms. The van der Waals surface area contributed by atoms with Gasteiger partial charge in [0.1, 0.15) is 5.60 Å². The SMILES string of the molecule is CCC(C)(C)OCCC(C)(C)OC(=O)CCC(=O)NC(C)C. The van der Waals surface area contributed by atoms with Gasteiger partial charge in [0, 0.05) is 18.9 Å². The minimum atomic E-state index is -0.588. The number of rotatable bonds is 10. The number of esters is 1. The van der Waals surface area contributed by atoms with E-state index in [1.807, 2.05) is 41.5 Å². The predicted octanol–water partition coefficient (Wildman–Crippen LogP) is 3.21. The van der Waals surface area contributed by atoms with E-state index in [0.717, 1.165) is 6.42 Å². The van der Waals surface area contributed by atoms with Crippen LogP contribution < -0.4 is 5.32 Å². The summed E-state index contributed by atoms with van der Waals surface area (Å²) in [6, 6.07) is 0.0824. The van der Waals surface area contributed by atoms with Crippen LogP contribution in [-0.4, -0.2) is 35.7 Å². The molecular weight excluding hydrogens is 282 g/mol. The van der Waals surface area contributed by atoms with E-state index in [4.69, 9.17) is 9.47 Å². The van der Waals surface area contributed by atoms with E-state index < -0.39 is 5.60 Å². The lowest BCUT2D eigenvalue weighted by Crippen LogP contribution is -2.33. The maximum Gasteiger partial charge on any atom is 0.306 e. The Bertz CT molecular complexity index is 362. The van der Waals surface area contributed by atoms with Crippen molar-refractivity contribution in [1.29, 1.82) is 0 Å². The molecule has 0 aliphatic heterocycles. The van der Waals surface area contributed by atoms with Crippen molar-refractivity contribution in [2.45, 2.75) is 91.4 Å². The van der Waals surface area contributed by atoms with Crippen LogP contribution in [0.15, 0.2) is 0 Å². The molecule has 0 saturated heterocycles. The molecule has 5 nitrogen and oxygen atoms in total. The maximum absolute atomic E-state index is 11.8. The molecular formula is C17H33NO4. The van der Waals surface area contributed by atoms with Crippen LogP contribution in [0.1, 0.15) is 74.1 Å². The molecule has 0 unspecified atom stereocenters. The molecule has 0 atom stereocenters. The van der Waals surface area contributed by atoms with Crippen LogP contribution in [0.4, 0.5) is 0 Å². The van der Waals surface area contributed by atoms with Gasteiger partial charge in [-0.3, -0.25) is 9.59 Å². The van der Waals surface area contributed by atoms with Gasteiger partial charge < -0.3 is 14.8 Å². The lowest BCUT2D eigenvalue weighted by Gasteiger charge is -2.29. The maximum atomic E-state index is 11.8. The van der Waals surface area contributed by atoms with Crippen molar-refractivity contribution >= 4 is 11.9 Å². The summed E-state index contributed by atoms with van der Waals surface area (Å²) in [5.41, 5.74) is -0.746. The zero-order chi connectivity index (χ0) is 17.4. The standard InChI is InChI=1S/C17H33NO4/c1-8-16(4,5)21-12-11-17(6,7)22-15(20)10-9-14(19)18-13(2)3/h13H,8-12H2,1-7H3,(H,18,19). The quantitative estimate of drug-likeness (QED) is 0.629. The molecule has 0 aliphatic carbocycles. The van der Waals surface area contributed by atoms with Gasteiger partial charge in [0.25, 0.3) is 0 Å². The van der Waals surface area contributed by atoms with E-state index in [-0.39, 0.29) is 36.4 Å². The minimum Gasteiger partial charge on any atom is -0.460 e. The highest BCUT2D eigenvalue weighted by Crippen LogP contribution is 2.19. The number of hydrogen-bond acceptors (Lipinski definition) is 4. The molecule has 0 aromatic heterocycles. The van der Waals surface area contributed by atoms with Gasteiger partial charge in [-0.15, -0.1) is 0 Å². The zero-order valence-corrected chi connectivity index (χ0v) is 15.2. The molecule has 0 radical (unpaired) electrons. The lowest BCUT2D eigenvalue weighted by atomic mass is 10.0. The van der Waals surface area contributed by atoms with Gasteiger partial charge in [-0.1, -0.05) is 6.92 Å². The first-order valence-corrected chi connectivity index (χ1v) is 8.12. The Morgan fingerprint density at radius 2 is 1.64 bits per heavy atom. The van der Waals surface area contributed by atoms with Crippen molar-refractivity contribution in [2.24, 2.45) is 0 Å². The number of amides is 1. The van der Waals surface area contributed by atoms with Gasteiger partial charge in [0.15, 0.2) is 0 Å². The summed E-state index contributed by atoms with van der Waals surface area (Å²) in [6.07, 6.45) is 1.81. The normalized spacial score (nSPS) is 12.4. The monoisotopic (exact) mass is 315 g/mol. The van der Waals surface area contributed by atoms with Crippen molar-refractivity contribution < 1.29 is 19.1 Å². The van der Waals surface area contributed by atoms with Crippen molar-refractivity contribution in [3.05, 3.63) is 0 Å². The summed E-state index contributed by atoms with van der Waals surface area (Å²) < 4.78 is 11.2. The first-order valence-electron chi connectivity index (χ1n) is 8.12. The molecule has 22 heavy (non-hydrogen) atoms. The van der Waals surface area contributed by atoms with Crippen LogP contribution in [0.2, 0.25) is 0 Å². The minimum absolute atomic E-state index is 0.0824. The third-order valence-corrected chi connectivity index (χ3v) is 3.44. The summed E-state index contributed by atoms with van der Waals surface area (Å²) in [6.45, 7) is 14.2. The molecule has 1 N–H and O–H groups in total. The van der Waals surface area contributed by atoms with Gasteiger partial charge >= 0.3 is 5.97 Å². The van der Waals surface area contributed by atoms with E-state index in [2.05, 4.69) is 12.2 Å². The second-order valence-corrected chi connectivity index (χ2v) is 7.17. The fourth-order valence-electron chi connectivity index (χ4n) is 1.70. The molecule has 0 fully saturated rings. The second-order valence-electron chi connectivity index (χ2n) is 7.17. The number of ether oxygens (including phenoxy) is 2. The second kappa shape index (κ2) is 9.13. The van der Waals surface area contributed by atoms with E-state index in [0.29, 0.717) is 13.0 Å². The molecule has 0 aromatic carbocycles. The molecule has 0 saturated carbocycles. The summed E-state index contributed by atoms with van der Waals surface area (Å²) in [7, 11) is 0. The van der Waals surface area contributed by atoms with Gasteiger partial charge in [0.05, 0.1) is 18.6 Å². The van der Waals surface area contributed by atoms with E-state index in [9.17, 15) is 9.59 Å². The van der Waals surface area contributed by atoms with E-state index in [1.54, 1.807) is 0 Å². The molecule has 0 heterocycles. The number of carbonyl (C=O) groups is 2. The van der Waals surface area contributed by atoms with Crippen LogP contribution >= 0.6 is 0 Å². The molecule has 0 aliphatic rings. The fourth-order valence-corrected chi connectivity index (χ4v) is 1.70. The van der Waals surface area contributed by atoms with Gasteiger partial charge in [-0.25, -0.2) is 0 Å². The number of nitrogens with one attached hydrogen (secondary N) is 1. The molecule has 0 aromatic rings. The third kappa shape index (κ3) is 10.6. The average Bonchev–Trinajstić information content (AvgIpc) is 2.34. The zero-order valence-electron chi connectivity index (χ0n) is 15.2. The molecule has 1 amide bonds. The molecule has 0 bridgehead atoms. The van der Waals surface area contributed by atoms with Crippen LogP contribution in [0.3, 0.4) is 0 Å². The van der Waals surface area contributed by atoms with Gasteiger partial charge in [-0.2, -0.15) is 0 Å². The Labute approximate surface area is 135 Å². The number of hydrogen-bond donors (Lipinski definition) is 1. The van der Waals surface area contributed by atoms with Crippen molar-refractivity contribution in [2.75, 3.05) is 6.61 Å². The summed E-state index contributed by atoms with van der Waals surface area (Å²) >= 11 is 0. The summed E-state index contributed by atoms with van der Waals surface area (Å²) in [5, 5.41) is 2.75. The van der Waals surface area contributed by atoms with Crippen LogP contribution in [-0.2, 0) is 19.1 Å². The molecule has 0 spiro atoms. The summed E-state index contributed by atoms with van der Waals surface area (Å²) in [5.74, 6) is -0.476. The Morgan fingerprint density at radius 1 is 1.05 bits per heavy atom. The van der Waals surface area contributed by atoms with Crippen LogP contribution in [0.5, 0.6) is 0 Å². The Morgan fingerprint density at radius 3 is 2.14 bits per heavy atom. The largest absolute Gasteiger partial charge is 0.460 e. The smallest absolute Gasteiger partial charge is 0.306 e. The van der Waals surface area contributed by atoms with Gasteiger partial charge in [-0.05, 0) is 48.0 Å². The van der Waals surface area contributed by atoms with Crippen LogP contribution in [0.25, 0.3) is 0 Å². The molecule has 130 valence electrons. The Balaban J connectivity index is 4.08. The lowest BCUT2D eigenvalue weighted by molar-refractivity contribution is -0.160. The highest BCUT2D eigenvalue weighted by molar-refractivity contribution is 5.81.